The highest BCUT2D eigenvalue weighted by molar-refractivity contribution is 5.17. The molecule has 0 spiro atoms. The van der Waals surface area contributed by atoms with Crippen LogP contribution in [0, 0.1) is 18.3 Å². The van der Waals surface area contributed by atoms with E-state index in [2.05, 4.69) is 334 Å². The van der Waals surface area contributed by atoms with Gasteiger partial charge in [0.05, 0.1) is 120 Å². The number of rotatable bonds is 23. The van der Waals surface area contributed by atoms with Crippen molar-refractivity contribution in [2.24, 2.45) is 14.1 Å². The fourth-order valence-corrected chi connectivity index (χ4v) is 12.3. The molecule has 1 saturated carbocycles. The van der Waals surface area contributed by atoms with E-state index in [4.69, 9.17) is 19.5 Å². The molecule has 3 N–H and O–H groups in total. The second-order valence-electron chi connectivity index (χ2n) is 38.1. The number of aromatic nitrogens is 24. The molecule has 0 aromatic carbocycles. The van der Waals surface area contributed by atoms with Gasteiger partial charge in [-0.05, 0) is 211 Å². The zero-order valence-corrected chi connectivity index (χ0v) is 87.3. The van der Waals surface area contributed by atoms with E-state index in [0.717, 1.165) is 97.0 Å². The number of hydrogen-bond acceptors (Lipinski definition) is 16. The van der Waals surface area contributed by atoms with Crippen LogP contribution < -0.4 is 0 Å². The average Bonchev–Trinajstić information content (AvgIpc) is 1.65. The summed E-state index contributed by atoms with van der Waals surface area (Å²) in [5.41, 5.74) is 18.0. The molecule has 15 rings (SSSR count). The molecule has 740 valence electrons. The van der Waals surface area contributed by atoms with Crippen LogP contribution in [0.2, 0.25) is 0 Å². The molecule has 31 heteroatoms. The van der Waals surface area contributed by atoms with Gasteiger partial charge in [0.2, 0.25) is 0 Å². The van der Waals surface area contributed by atoms with Crippen LogP contribution in [0.5, 0.6) is 0 Å². The van der Waals surface area contributed by atoms with Crippen molar-refractivity contribution in [3.8, 4) is 6.07 Å². The van der Waals surface area contributed by atoms with E-state index in [1.165, 1.54) is 70.3 Å². The lowest BCUT2D eigenvalue weighted by molar-refractivity contribution is -0.142. The van der Waals surface area contributed by atoms with Gasteiger partial charge >= 0.3 is 6.18 Å². The van der Waals surface area contributed by atoms with E-state index in [0.29, 0.717) is 96.7 Å². The molecule has 1 atom stereocenters. The minimum Gasteiger partial charge on any atom is -0.377 e. The Balaban J connectivity index is 0.000000304. The summed E-state index contributed by atoms with van der Waals surface area (Å²) < 4.78 is 68.2. The fourth-order valence-electron chi connectivity index (χ4n) is 12.3. The molecule has 3 aliphatic rings. The number of halogens is 3. The van der Waals surface area contributed by atoms with Crippen molar-refractivity contribution in [2.45, 2.75) is 381 Å². The molecule has 0 bridgehead atoms. The largest absolute Gasteiger partial charge is 0.408 e. The molecule has 0 amide bonds. The smallest absolute Gasteiger partial charge is 0.377 e. The third-order valence-corrected chi connectivity index (χ3v) is 21.6. The van der Waals surface area contributed by atoms with E-state index in [1.807, 2.05) is 121 Å². The second-order valence-corrected chi connectivity index (χ2v) is 38.1. The van der Waals surface area contributed by atoms with Gasteiger partial charge in [-0.1, -0.05) is 187 Å². The molecule has 2 saturated heterocycles. The monoisotopic (exact) mass is 1850 g/mol. The zero-order chi connectivity index (χ0) is 99.6. The predicted octanol–water partition coefficient (Wildman–Crippen LogP) is 23.9. The Kier molecular flexibility index (Phi) is 50.2. The van der Waals surface area contributed by atoms with Gasteiger partial charge in [0.25, 0.3) is 0 Å². The number of ether oxygens (including phenoxy) is 3. The Bertz CT molecular complexity index is 4940. The lowest BCUT2D eigenvalue weighted by Crippen LogP contribution is -2.32. The minimum absolute atomic E-state index is 0.152. The Hall–Kier alpha value is -10.3. The summed E-state index contributed by atoms with van der Waals surface area (Å²) in [6.07, 6.45) is 16.9. The molecule has 12 aromatic heterocycles. The van der Waals surface area contributed by atoms with Crippen LogP contribution in [0.25, 0.3) is 0 Å². The van der Waals surface area contributed by atoms with Crippen LogP contribution >= 0.6 is 0 Å². The lowest BCUT2D eigenvalue weighted by Gasteiger charge is -2.26. The first-order valence-corrected chi connectivity index (χ1v) is 48.3. The molecular formula is C102H168F3N25O3. The first-order valence-electron chi connectivity index (χ1n) is 48.3. The molecular weight excluding hydrogens is 1680 g/mol. The molecule has 133 heavy (non-hydrogen) atoms. The number of H-pyrrole nitrogens is 3. The minimum atomic E-state index is -4.19. The van der Waals surface area contributed by atoms with Crippen molar-refractivity contribution in [1.29, 1.82) is 5.26 Å². The van der Waals surface area contributed by atoms with Crippen LogP contribution in [0.4, 0.5) is 13.2 Å². The topological polar surface area (TPSA) is 298 Å². The molecule has 2 aliphatic heterocycles. The highest BCUT2D eigenvalue weighted by atomic mass is 19.4. The van der Waals surface area contributed by atoms with Crippen LogP contribution in [0.15, 0.2) is 122 Å². The first-order chi connectivity index (χ1) is 62.7. The van der Waals surface area contributed by atoms with E-state index in [9.17, 15) is 13.2 Å². The highest BCUT2D eigenvalue weighted by Crippen LogP contribution is 2.34. The van der Waals surface area contributed by atoms with E-state index >= 15 is 0 Å². The van der Waals surface area contributed by atoms with Crippen molar-refractivity contribution in [3.63, 3.8) is 0 Å². The number of aryl methyl sites for hydroxylation is 8. The van der Waals surface area contributed by atoms with Crippen molar-refractivity contribution < 1.29 is 27.4 Å². The summed E-state index contributed by atoms with van der Waals surface area (Å²) in [6, 6.07) is 28.0. The predicted molar refractivity (Wildman–Crippen MR) is 531 cm³/mol. The standard InChI is InChI=1S/C11H18N2O2.C10H15N3.C10H18N2.C9H14N2O.C9H14N2.C9H16N2.C8H11F3N2.2C8H14N2.2C7H12N2.C6H10N2/c1-9(2)11-3-4-13(12-11)7-10-8-14-5-6-15-10;1-8(2)9-5-6-13(12-9)10(3,4)7-11;1-5-9-7-10(8(3)4)11-12(9)6-2;1-7(2)9-3-4-11(10-9)8-5-12-6-8;1-7(2)9-5-6-11(10-9)8-3-4-8;1-5-8-6-9(7(2)3)10-11(8)4;1-6(2)7-3-4-13(12-7)5-8(9,10)11;1-4-10-6-5-8(9-10)7(2)3;1-4-7-5-8(6(2)3)10-9-7;1-6(2)7-4-5-9(3)8-7;1-5(2)7-4-6(3)8-9-7;1-5(2)6-3-4-7-8-6/h3-4,9-10H,5-8H2,1-2H3;5-6,8H,1-4H3;7-8H,5-6H2,1-4H3;3-4,7-8H,5-6H2,1-2H3;5-8H,3-4H2,1-2H3;6-7H,5H2,1-4H3;3-4,6H,5H2,1-2H3;5-7H,4H2,1-3H3;5-6H,4H2,1-3H3,(H,9,10);4-6H,1-3H3;4-5H,1-3H3,(H,8,9);3-5H,1-2H3,(H,7,8). The number of nitrogens with one attached hydrogen (secondary N) is 3. The maximum Gasteiger partial charge on any atom is 0.408 e. The Morgan fingerprint density at radius 3 is 1.19 bits per heavy atom. The summed E-state index contributed by atoms with van der Waals surface area (Å²) in [4.78, 5) is 0. The molecule has 14 heterocycles. The van der Waals surface area contributed by atoms with E-state index < -0.39 is 18.3 Å². The normalized spacial score (nSPS) is 13.6. The quantitative estimate of drug-likeness (QED) is 0.0536. The van der Waals surface area contributed by atoms with Crippen LogP contribution in [-0.4, -0.2) is 164 Å². The Labute approximate surface area is 794 Å². The lowest BCUT2D eigenvalue weighted by atomic mass is 10.1. The Morgan fingerprint density at radius 1 is 0.421 bits per heavy atom. The molecule has 1 aliphatic carbocycles. The SMILES string of the molecule is CC(C)c1ccn(C(C)(C)C#N)n1.CC(C)c1ccn(C)n1.CC(C)c1ccn(C2CC2)n1.CC(C)c1ccn(C2COC2)n1.CC(C)c1ccn(CC(F)(F)F)n1.CC(C)c1ccn(CC2COCCO2)n1.CC(C)c1ccn[nH]1.CCc1cc(C(C)C)n[nH]1.CCc1cc(C(C)C)nn1C.CCc1cc(C(C)C)nn1CC.CCn1ccc(C(C)C)n1.Cc1cc(C(C)C)n[nH]1. The maximum absolute atomic E-state index is 11.9. The van der Waals surface area contributed by atoms with Crippen molar-refractivity contribution in [3.05, 3.63) is 213 Å². The summed E-state index contributed by atoms with van der Waals surface area (Å²) in [5, 5.41) is 68.8. The number of alkyl halides is 3. The summed E-state index contributed by atoms with van der Waals surface area (Å²) in [7, 11) is 3.94. The Morgan fingerprint density at radius 2 is 0.865 bits per heavy atom. The highest BCUT2D eigenvalue weighted by Gasteiger charge is 2.29. The van der Waals surface area contributed by atoms with Gasteiger partial charge in [0, 0.05) is 105 Å². The second kappa shape index (κ2) is 58.1. The van der Waals surface area contributed by atoms with Crippen molar-refractivity contribution >= 4 is 0 Å². The van der Waals surface area contributed by atoms with Gasteiger partial charge in [-0.3, -0.25) is 57.4 Å². The third kappa shape index (κ3) is 42.4. The fraction of sp³-hybridized carbons (Fsp3) is 0.637. The third-order valence-electron chi connectivity index (χ3n) is 21.6. The van der Waals surface area contributed by atoms with Gasteiger partial charge < -0.3 is 14.2 Å². The van der Waals surface area contributed by atoms with Gasteiger partial charge in [-0.15, -0.1) is 0 Å². The van der Waals surface area contributed by atoms with Gasteiger partial charge in [0.15, 0.2) is 0 Å². The summed E-state index contributed by atoms with van der Waals surface area (Å²) in [6.45, 7) is 72.9. The van der Waals surface area contributed by atoms with E-state index in [1.54, 1.807) is 16.9 Å². The average molecular weight is 1850 g/mol. The summed E-state index contributed by atoms with van der Waals surface area (Å²) in [5.74, 6) is 5.97. The maximum atomic E-state index is 11.9. The van der Waals surface area contributed by atoms with Crippen molar-refractivity contribution in [2.75, 3.05) is 33.0 Å². The number of nitriles is 1. The number of nitrogens with zero attached hydrogens (tertiary/aromatic N) is 22. The van der Waals surface area contributed by atoms with E-state index in [-0.39, 0.29) is 12.0 Å². The number of aromatic amines is 3. The van der Waals surface area contributed by atoms with Gasteiger partial charge in [0.1, 0.15) is 18.2 Å². The van der Waals surface area contributed by atoms with Crippen LogP contribution in [0.1, 0.15) is 402 Å². The molecule has 0 radical (unpaired) electrons. The summed E-state index contributed by atoms with van der Waals surface area (Å²) >= 11 is 0. The van der Waals surface area contributed by atoms with Crippen molar-refractivity contribution in [1.82, 2.24) is 119 Å². The molecule has 12 aromatic rings. The van der Waals surface area contributed by atoms with Crippen LogP contribution in [-0.2, 0) is 79.3 Å². The van der Waals surface area contributed by atoms with Gasteiger partial charge in [-0.2, -0.15) is 79.6 Å². The van der Waals surface area contributed by atoms with Crippen LogP contribution in [0.3, 0.4) is 0 Å². The zero-order valence-electron chi connectivity index (χ0n) is 87.3. The number of hydrogen-bond donors (Lipinski definition) is 3. The molecule has 28 nitrogen and oxygen atoms in total. The first kappa shape index (κ1) is 115. The van der Waals surface area contributed by atoms with Gasteiger partial charge in [-0.25, -0.2) is 0 Å². The molecule has 3 fully saturated rings. The molecule has 1 unspecified atom stereocenters.